The molecule has 0 bridgehead atoms. The molecule has 28 heavy (non-hydrogen) atoms. The van der Waals surface area contributed by atoms with E-state index in [0.29, 0.717) is 19.4 Å². The molecule has 0 aliphatic carbocycles. The number of nitrogens with zero attached hydrogens (tertiary/aromatic N) is 1. The Hall–Kier alpha value is -2.01. The summed E-state index contributed by atoms with van der Waals surface area (Å²) in [6, 6.07) is 6.26. The summed E-state index contributed by atoms with van der Waals surface area (Å²) < 4.78 is 37.0. The zero-order chi connectivity index (χ0) is 20.7. The summed E-state index contributed by atoms with van der Waals surface area (Å²) >= 11 is 0. The fourth-order valence-electron chi connectivity index (χ4n) is 2.99. The molecule has 1 aliphatic rings. The van der Waals surface area contributed by atoms with Crippen LogP contribution in [-0.2, 0) is 29.1 Å². The van der Waals surface area contributed by atoms with Crippen molar-refractivity contribution in [1.29, 1.82) is 0 Å². The highest BCUT2D eigenvalue weighted by Crippen LogP contribution is 2.25. The van der Waals surface area contributed by atoms with Crippen molar-refractivity contribution in [3.8, 4) is 0 Å². The van der Waals surface area contributed by atoms with Crippen molar-refractivity contribution >= 4 is 21.8 Å². The molecule has 0 radical (unpaired) electrons. The van der Waals surface area contributed by atoms with Crippen LogP contribution < -0.4 is 10.6 Å². The Morgan fingerprint density at radius 1 is 1.14 bits per heavy atom. The first kappa shape index (κ1) is 22.3. The minimum atomic E-state index is -3.65. The lowest BCUT2D eigenvalue weighted by atomic mass is 10.2. The Labute approximate surface area is 165 Å². The standard InChI is InChI=1S/C18H27N3O6S/c1-13-6-8-15(9-7-13)28(24,25)21-10-4-5-14(21)11-19-17(22)18(23)20-12-16(26-2)27-3/h6-9,14,16H,4-5,10-12H2,1-3H3,(H,19,22)(H,20,23)/t14-/m0/s1. The number of methoxy groups -OCH3 is 2. The molecule has 0 spiro atoms. The van der Waals surface area contributed by atoms with Gasteiger partial charge in [0.2, 0.25) is 10.0 Å². The third kappa shape index (κ3) is 5.51. The number of hydrogen-bond donors (Lipinski definition) is 2. The number of aryl methyl sites for hydroxylation is 1. The Balaban J connectivity index is 1.93. The Bertz CT molecular complexity index is 777. The molecule has 2 amide bonds. The number of ether oxygens (including phenoxy) is 2. The molecule has 1 fully saturated rings. The van der Waals surface area contributed by atoms with E-state index in [4.69, 9.17) is 9.47 Å². The van der Waals surface area contributed by atoms with Gasteiger partial charge in [-0.3, -0.25) is 9.59 Å². The van der Waals surface area contributed by atoms with E-state index in [1.165, 1.54) is 18.5 Å². The number of carbonyl (C=O) groups excluding carboxylic acids is 2. The molecule has 2 N–H and O–H groups in total. The van der Waals surface area contributed by atoms with E-state index in [9.17, 15) is 18.0 Å². The SMILES string of the molecule is COC(CNC(=O)C(=O)NC[C@@H]1CCCN1S(=O)(=O)c1ccc(C)cc1)OC. The van der Waals surface area contributed by atoms with Gasteiger partial charge in [0.1, 0.15) is 0 Å². The lowest BCUT2D eigenvalue weighted by Gasteiger charge is -2.24. The summed E-state index contributed by atoms with van der Waals surface area (Å²) in [5.74, 6) is -1.66. The fraction of sp³-hybridized carbons (Fsp3) is 0.556. The number of sulfonamides is 1. The third-order valence-corrected chi connectivity index (χ3v) is 6.58. The van der Waals surface area contributed by atoms with E-state index in [1.807, 2.05) is 6.92 Å². The molecule has 1 aliphatic heterocycles. The van der Waals surface area contributed by atoms with Crippen molar-refractivity contribution in [2.45, 2.75) is 37.0 Å². The first-order valence-corrected chi connectivity index (χ1v) is 10.4. The highest BCUT2D eigenvalue weighted by Gasteiger charge is 2.35. The van der Waals surface area contributed by atoms with Gasteiger partial charge in [0.05, 0.1) is 11.4 Å². The number of amides is 2. The maximum atomic E-state index is 12.9. The maximum absolute atomic E-state index is 12.9. The summed E-state index contributed by atoms with van der Waals surface area (Å²) in [6.45, 7) is 2.36. The highest BCUT2D eigenvalue weighted by atomic mass is 32.2. The Morgan fingerprint density at radius 2 is 1.75 bits per heavy atom. The topological polar surface area (TPSA) is 114 Å². The number of hydrogen-bond acceptors (Lipinski definition) is 6. The Kier molecular flexibility index (Phi) is 7.93. The molecule has 0 unspecified atom stereocenters. The molecular formula is C18H27N3O6S. The number of rotatable bonds is 8. The zero-order valence-corrected chi connectivity index (χ0v) is 17.1. The molecule has 9 nitrogen and oxygen atoms in total. The van der Waals surface area contributed by atoms with Gasteiger partial charge in [0, 0.05) is 33.4 Å². The summed E-state index contributed by atoms with van der Waals surface area (Å²) in [4.78, 5) is 24.1. The van der Waals surface area contributed by atoms with Gasteiger partial charge in [-0.2, -0.15) is 4.31 Å². The van der Waals surface area contributed by atoms with Crippen LogP contribution >= 0.6 is 0 Å². The molecule has 2 rings (SSSR count). The lowest BCUT2D eigenvalue weighted by Crippen LogP contribution is -2.48. The molecule has 1 aromatic carbocycles. The van der Waals surface area contributed by atoms with Crippen LogP contribution in [-0.4, -0.2) is 70.7 Å². The normalized spacial score (nSPS) is 17.6. The first-order valence-electron chi connectivity index (χ1n) is 8.99. The average molecular weight is 413 g/mol. The number of nitrogens with one attached hydrogen (secondary N) is 2. The van der Waals surface area contributed by atoms with Crippen molar-refractivity contribution in [2.75, 3.05) is 33.9 Å². The van der Waals surface area contributed by atoms with E-state index in [2.05, 4.69) is 10.6 Å². The van der Waals surface area contributed by atoms with Gasteiger partial charge in [0.15, 0.2) is 6.29 Å². The second-order valence-electron chi connectivity index (χ2n) is 6.55. The van der Waals surface area contributed by atoms with Crippen LogP contribution in [0.3, 0.4) is 0 Å². The van der Waals surface area contributed by atoms with Gasteiger partial charge in [-0.25, -0.2) is 8.42 Å². The van der Waals surface area contributed by atoms with E-state index in [0.717, 1.165) is 5.56 Å². The molecular weight excluding hydrogens is 386 g/mol. The molecule has 10 heteroatoms. The monoisotopic (exact) mass is 413 g/mol. The van der Waals surface area contributed by atoms with Crippen LogP contribution in [0, 0.1) is 6.92 Å². The predicted octanol–water partition coefficient (Wildman–Crippen LogP) is -0.000580. The largest absolute Gasteiger partial charge is 0.354 e. The minimum absolute atomic E-state index is 0.0244. The summed E-state index contributed by atoms with van der Waals surface area (Å²) in [5.41, 5.74) is 0.972. The molecule has 0 saturated carbocycles. The van der Waals surface area contributed by atoms with Gasteiger partial charge in [0.25, 0.3) is 0 Å². The summed E-state index contributed by atoms with van der Waals surface area (Å²) in [5, 5.41) is 4.91. The molecule has 1 heterocycles. The first-order chi connectivity index (χ1) is 13.3. The van der Waals surface area contributed by atoms with E-state index >= 15 is 0 Å². The van der Waals surface area contributed by atoms with Crippen molar-refractivity contribution < 1.29 is 27.5 Å². The molecule has 0 aromatic heterocycles. The molecule has 1 atom stereocenters. The van der Waals surface area contributed by atoms with Gasteiger partial charge >= 0.3 is 11.8 Å². The van der Waals surface area contributed by atoms with E-state index in [1.54, 1.807) is 24.3 Å². The molecule has 1 aromatic rings. The second-order valence-corrected chi connectivity index (χ2v) is 8.44. The number of carbonyl (C=O) groups is 2. The lowest BCUT2D eigenvalue weighted by molar-refractivity contribution is -0.141. The second kappa shape index (κ2) is 9.97. The molecule has 156 valence electrons. The maximum Gasteiger partial charge on any atom is 0.309 e. The third-order valence-electron chi connectivity index (χ3n) is 4.61. The van der Waals surface area contributed by atoms with Crippen molar-refractivity contribution in [3.05, 3.63) is 29.8 Å². The van der Waals surface area contributed by atoms with Gasteiger partial charge < -0.3 is 20.1 Å². The molecule has 1 saturated heterocycles. The summed E-state index contributed by atoms with van der Waals surface area (Å²) in [7, 11) is -0.812. The number of benzene rings is 1. The van der Waals surface area contributed by atoms with Crippen molar-refractivity contribution in [1.82, 2.24) is 14.9 Å². The van der Waals surface area contributed by atoms with Gasteiger partial charge in [-0.05, 0) is 31.9 Å². The quantitative estimate of drug-likeness (QED) is 0.458. The van der Waals surface area contributed by atoms with Crippen LogP contribution in [0.1, 0.15) is 18.4 Å². The van der Waals surface area contributed by atoms with Crippen LogP contribution in [0.2, 0.25) is 0 Å². The Morgan fingerprint density at radius 3 is 2.36 bits per heavy atom. The van der Waals surface area contributed by atoms with Crippen molar-refractivity contribution in [3.63, 3.8) is 0 Å². The van der Waals surface area contributed by atoms with E-state index < -0.39 is 34.2 Å². The fourth-order valence-corrected chi connectivity index (χ4v) is 4.68. The van der Waals surface area contributed by atoms with Crippen LogP contribution in [0.4, 0.5) is 0 Å². The van der Waals surface area contributed by atoms with E-state index in [-0.39, 0.29) is 18.0 Å². The summed E-state index contributed by atoms with van der Waals surface area (Å²) in [6.07, 6.45) is 0.658. The van der Waals surface area contributed by atoms with Gasteiger partial charge in [-0.1, -0.05) is 17.7 Å². The van der Waals surface area contributed by atoms with Crippen molar-refractivity contribution in [2.24, 2.45) is 0 Å². The van der Waals surface area contributed by atoms with Crippen LogP contribution in [0.15, 0.2) is 29.2 Å². The van der Waals surface area contributed by atoms with Crippen LogP contribution in [0.25, 0.3) is 0 Å². The average Bonchev–Trinajstić information content (AvgIpc) is 3.16. The highest BCUT2D eigenvalue weighted by molar-refractivity contribution is 7.89. The van der Waals surface area contributed by atoms with Crippen LogP contribution in [0.5, 0.6) is 0 Å². The minimum Gasteiger partial charge on any atom is -0.354 e. The zero-order valence-electron chi connectivity index (χ0n) is 16.3. The smallest absolute Gasteiger partial charge is 0.309 e. The van der Waals surface area contributed by atoms with Gasteiger partial charge in [-0.15, -0.1) is 0 Å². The predicted molar refractivity (Wildman–Crippen MR) is 102 cm³/mol.